The third-order valence-electron chi connectivity index (χ3n) is 5.65. The lowest BCUT2D eigenvalue weighted by Crippen LogP contribution is -2.47. The van der Waals surface area contributed by atoms with Crippen molar-refractivity contribution < 1.29 is 19.2 Å². The number of benzene rings is 2. The standard InChI is InChI=1S/C21H22ClN2O3.BrH/c22-16-7-5-15(6-8-16)21(25)13-23-11-3-1-2-4-20(23)24(21)17-9-10-18-19(12-17)27-14-26-18;/h5-10,12,25H,1-4,11,13-14H2;1H/q+1;. The number of amidine groups is 1. The first-order chi connectivity index (χ1) is 13.1. The molecule has 7 heteroatoms. The first-order valence-electron chi connectivity index (χ1n) is 9.44. The van der Waals surface area contributed by atoms with E-state index in [1.54, 1.807) is 0 Å². The highest BCUT2D eigenvalue weighted by Crippen LogP contribution is 2.42. The monoisotopic (exact) mass is 465 g/mol. The molecule has 0 saturated heterocycles. The average Bonchev–Trinajstić information content (AvgIpc) is 3.17. The molecule has 3 heterocycles. The van der Waals surface area contributed by atoms with Crippen LogP contribution in [0.1, 0.15) is 31.2 Å². The third-order valence-corrected chi connectivity index (χ3v) is 5.91. The molecule has 0 fully saturated rings. The highest BCUT2D eigenvalue weighted by molar-refractivity contribution is 8.93. The fourth-order valence-corrected chi connectivity index (χ4v) is 4.47. The van der Waals surface area contributed by atoms with Crippen LogP contribution < -0.4 is 14.4 Å². The van der Waals surface area contributed by atoms with Crippen molar-refractivity contribution in [3.05, 3.63) is 53.1 Å². The van der Waals surface area contributed by atoms with Crippen molar-refractivity contribution in [1.29, 1.82) is 0 Å². The van der Waals surface area contributed by atoms with Gasteiger partial charge in [-0.1, -0.05) is 23.7 Å². The van der Waals surface area contributed by atoms with Gasteiger partial charge in [-0.05, 0) is 43.5 Å². The van der Waals surface area contributed by atoms with Crippen LogP contribution in [-0.2, 0) is 5.72 Å². The summed E-state index contributed by atoms with van der Waals surface area (Å²) in [4.78, 5) is 2.07. The molecule has 3 aliphatic rings. The minimum Gasteiger partial charge on any atom is -0.454 e. The minimum atomic E-state index is -1.15. The van der Waals surface area contributed by atoms with Gasteiger partial charge < -0.3 is 14.6 Å². The zero-order valence-corrected chi connectivity index (χ0v) is 17.9. The van der Waals surface area contributed by atoms with Gasteiger partial charge in [0.2, 0.25) is 6.79 Å². The SMILES string of the molecule is Br.OC1(c2ccc(Cl)cc2)C[N+]2=C(CCCCC2)N1c1ccc2c(c1)OCO2. The van der Waals surface area contributed by atoms with Crippen molar-refractivity contribution >= 4 is 40.1 Å². The van der Waals surface area contributed by atoms with Crippen LogP contribution in [0, 0.1) is 0 Å². The summed E-state index contributed by atoms with van der Waals surface area (Å²) in [5.41, 5.74) is 0.603. The van der Waals surface area contributed by atoms with E-state index in [2.05, 4.69) is 9.48 Å². The zero-order valence-electron chi connectivity index (χ0n) is 15.4. The van der Waals surface area contributed by atoms with Gasteiger partial charge in [0.15, 0.2) is 18.0 Å². The van der Waals surface area contributed by atoms with Gasteiger partial charge >= 0.3 is 0 Å². The van der Waals surface area contributed by atoms with Crippen LogP contribution in [0.5, 0.6) is 11.5 Å². The normalized spacial score (nSPS) is 23.3. The Labute approximate surface area is 179 Å². The molecule has 5 nitrogen and oxygen atoms in total. The summed E-state index contributed by atoms with van der Waals surface area (Å²) in [7, 11) is 0. The van der Waals surface area contributed by atoms with Crippen molar-refractivity contribution in [2.45, 2.75) is 31.4 Å². The second-order valence-corrected chi connectivity index (χ2v) is 7.78. The molecule has 5 rings (SSSR count). The molecule has 0 saturated carbocycles. The van der Waals surface area contributed by atoms with E-state index in [9.17, 15) is 5.11 Å². The largest absolute Gasteiger partial charge is 0.454 e. The molecule has 2 aromatic carbocycles. The quantitative estimate of drug-likeness (QED) is 0.671. The van der Waals surface area contributed by atoms with Gasteiger partial charge in [-0.2, -0.15) is 4.90 Å². The lowest BCUT2D eigenvalue weighted by molar-refractivity contribution is -0.534. The second-order valence-electron chi connectivity index (χ2n) is 7.34. The molecular weight excluding hydrogens is 444 g/mol. The maximum atomic E-state index is 11.9. The number of aliphatic hydroxyl groups is 1. The summed E-state index contributed by atoms with van der Waals surface area (Å²) in [6.45, 7) is 1.74. The first-order valence-corrected chi connectivity index (χ1v) is 9.82. The summed E-state index contributed by atoms with van der Waals surface area (Å²) in [5, 5.41) is 12.6. The Morgan fingerprint density at radius 1 is 1.00 bits per heavy atom. The van der Waals surface area contributed by atoms with E-state index >= 15 is 0 Å². The van der Waals surface area contributed by atoms with Gasteiger partial charge in [0, 0.05) is 23.1 Å². The highest BCUT2D eigenvalue weighted by atomic mass is 79.9. The van der Waals surface area contributed by atoms with Crippen molar-refractivity contribution in [2.75, 3.05) is 24.8 Å². The van der Waals surface area contributed by atoms with Crippen molar-refractivity contribution in [1.82, 2.24) is 0 Å². The number of anilines is 1. The molecule has 3 aliphatic heterocycles. The highest BCUT2D eigenvalue weighted by Gasteiger charge is 2.54. The molecule has 0 amide bonds. The van der Waals surface area contributed by atoms with Crippen LogP contribution in [0.4, 0.5) is 5.69 Å². The number of nitrogens with zero attached hydrogens (tertiary/aromatic N) is 2. The van der Waals surface area contributed by atoms with E-state index in [-0.39, 0.29) is 23.8 Å². The van der Waals surface area contributed by atoms with Crippen LogP contribution in [0.2, 0.25) is 5.02 Å². The van der Waals surface area contributed by atoms with Gasteiger partial charge in [-0.3, -0.25) is 4.58 Å². The van der Waals surface area contributed by atoms with Crippen LogP contribution in [0.25, 0.3) is 0 Å². The Morgan fingerprint density at radius 3 is 2.61 bits per heavy atom. The summed E-state index contributed by atoms with van der Waals surface area (Å²) in [6, 6.07) is 13.4. The average molecular weight is 467 g/mol. The fraction of sp³-hybridized carbons (Fsp3) is 0.381. The molecule has 0 radical (unpaired) electrons. The lowest BCUT2D eigenvalue weighted by Gasteiger charge is -2.29. The molecule has 1 unspecified atom stereocenters. The molecule has 148 valence electrons. The third kappa shape index (κ3) is 3.17. The first kappa shape index (κ1) is 19.6. The van der Waals surface area contributed by atoms with Gasteiger partial charge in [0.1, 0.15) is 5.69 Å². The van der Waals surface area contributed by atoms with E-state index in [4.69, 9.17) is 21.1 Å². The Kier molecular flexibility index (Phi) is 5.29. The van der Waals surface area contributed by atoms with Gasteiger partial charge in [0.05, 0.1) is 6.54 Å². The molecule has 2 aromatic rings. The maximum absolute atomic E-state index is 11.9. The molecular formula is C21H23BrClN2O3+. The topological polar surface area (TPSA) is 44.9 Å². The van der Waals surface area contributed by atoms with E-state index in [0.29, 0.717) is 11.6 Å². The lowest BCUT2D eigenvalue weighted by atomic mass is 10.00. The number of halogens is 2. The van der Waals surface area contributed by atoms with Gasteiger partial charge in [0.25, 0.3) is 11.6 Å². The van der Waals surface area contributed by atoms with E-state index in [1.165, 1.54) is 12.3 Å². The number of hydrogen-bond acceptors (Lipinski definition) is 4. The summed E-state index contributed by atoms with van der Waals surface area (Å²) in [6.07, 6.45) is 4.44. The van der Waals surface area contributed by atoms with E-state index in [1.807, 2.05) is 42.5 Å². The Morgan fingerprint density at radius 2 is 1.79 bits per heavy atom. The minimum absolute atomic E-state index is 0. The molecule has 0 bridgehead atoms. The molecule has 28 heavy (non-hydrogen) atoms. The zero-order chi connectivity index (χ0) is 18.4. The number of hydrogen-bond donors (Lipinski definition) is 1. The molecule has 1 atom stereocenters. The molecule has 0 spiro atoms. The Balaban J connectivity index is 0.00000192. The Hall–Kier alpha value is -1.76. The smallest absolute Gasteiger partial charge is 0.275 e. The Bertz CT molecular complexity index is 918. The summed E-state index contributed by atoms with van der Waals surface area (Å²) < 4.78 is 13.4. The molecule has 0 aliphatic carbocycles. The van der Waals surface area contributed by atoms with Gasteiger partial charge in [-0.25, -0.2) is 0 Å². The fourth-order valence-electron chi connectivity index (χ4n) is 4.35. The van der Waals surface area contributed by atoms with Crippen molar-refractivity contribution in [3.63, 3.8) is 0 Å². The van der Waals surface area contributed by atoms with E-state index in [0.717, 1.165) is 48.6 Å². The van der Waals surface area contributed by atoms with Crippen LogP contribution in [0.15, 0.2) is 42.5 Å². The number of rotatable bonds is 2. The molecule has 0 aromatic heterocycles. The predicted molar refractivity (Wildman–Crippen MR) is 114 cm³/mol. The van der Waals surface area contributed by atoms with E-state index < -0.39 is 5.72 Å². The molecule has 1 N–H and O–H groups in total. The maximum Gasteiger partial charge on any atom is 0.275 e. The second kappa shape index (κ2) is 7.58. The van der Waals surface area contributed by atoms with Gasteiger partial charge in [-0.15, -0.1) is 17.0 Å². The number of fused-ring (bicyclic) bond motifs is 1. The van der Waals surface area contributed by atoms with Crippen molar-refractivity contribution in [3.8, 4) is 11.5 Å². The summed E-state index contributed by atoms with van der Waals surface area (Å²) in [5.74, 6) is 2.64. The van der Waals surface area contributed by atoms with Crippen LogP contribution >= 0.6 is 28.6 Å². The van der Waals surface area contributed by atoms with Crippen LogP contribution in [0.3, 0.4) is 0 Å². The van der Waals surface area contributed by atoms with Crippen molar-refractivity contribution in [2.24, 2.45) is 0 Å². The predicted octanol–water partition coefficient (Wildman–Crippen LogP) is 4.30. The number of ether oxygens (including phenoxy) is 2. The summed E-state index contributed by atoms with van der Waals surface area (Å²) >= 11 is 6.08. The van der Waals surface area contributed by atoms with Crippen LogP contribution in [-0.4, -0.2) is 35.4 Å².